The lowest BCUT2D eigenvalue weighted by Gasteiger charge is -2.65. The third-order valence-corrected chi connectivity index (χ3v) is 12.3. The van der Waals surface area contributed by atoms with Crippen LogP contribution in [0.1, 0.15) is 106 Å². The first-order valence-electron chi connectivity index (χ1n) is 14.5. The summed E-state index contributed by atoms with van der Waals surface area (Å²) in [6, 6.07) is 0. The third-order valence-electron chi connectivity index (χ3n) is 12.3. The zero-order valence-corrected chi connectivity index (χ0v) is 23.7. The number of fused-ring (bicyclic) bond motifs is 5. The highest BCUT2D eigenvalue weighted by Crippen LogP contribution is 2.69. The second kappa shape index (κ2) is 9.50. The van der Waals surface area contributed by atoms with Crippen molar-refractivity contribution >= 4 is 5.97 Å². The van der Waals surface area contributed by atoms with E-state index >= 15 is 0 Å². The second-order valence-corrected chi connectivity index (χ2v) is 14.3. The van der Waals surface area contributed by atoms with Gasteiger partial charge in [0.1, 0.15) is 11.7 Å². The maximum atomic E-state index is 12.1. The monoisotopic (exact) mass is 508 g/mol. The van der Waals surface area contributed by atoms with Crippen LogP contribution in [0.3, 0.4) is 0 Å². The maximum absolute atomic E-state index is 12.1. The molecule has 0 aliphatic heterocycles. The molecular formula is C30H52O6. The molecule has 208 valence electrons. The van der Waals surface area contributed by atoms with Gasteiger partial charge in [0.15, 0.2) is 0 Å². The summed E-state index contributed by atoms with van der Waals surface area (Å²) in [7, 11) is 0. The van der Waals surface area contributed by atoms with E-state index in [1.807, 2.05) is 20.8 Å². The molecule has 0 aromatic rings. The lowest BCUT2D eigenvalue weighted by Crippen LogP contribution is -2.69. The first kappa shape index (κ1) is 28.3. The number of esters is 1. The predicted molar refractivity (Wildman–Crippen MR) is 139 cm³/mol. The third kappa shape index (κ3) is 4.36. The highest BCUT2D eigenvalue weighted by molar-refractivity contribution is 5.66. The van der Waals surface area contributed by atoms with Gasteiger partial charge >= 0.3 is 5.97 Å². The minimum absolute atomic E-state index is 0.0754. The lowest BCUT2D eigenvalue weighted by molar-refractivity contribution is -0.270. The number of aliphatic hydroxyl groups excluding tert-OH is 2. The van der Waals surface area contributed by atoms with Gasteiger partial charge in [-0.05, 0) is 92.8 Å². The second-order valence-electron chi connectivity index (χ2n) is 14.3. The summed E-state index contributed by atoms with van der Waals surface area (Å²) in [5.41, 5.74) is -2.41. The summed E-state index contributed by atoms with van der Waals surface area (Å²) in [6.07, 6.45) is 5.25. The number of aliphatic hydroxyl groups is 4. The van der Waals surface area contributed by atoms with Gasteiger partial charge < -0.3 is 25.2 Å². The van der Waals surface area contributed by atoms with Gasteiger partial charge in [-0.2, -0.15) is 0 Å². The molecule has 0 aromatic heterocycles. The minimum Gasteiger partial charge on any atom is -0.459 e. The Morgan fingerprint density at radius 1 is 1.08 bits per heavy atom. The van der Waals surface area contributed by atoms with E-state index in [1.54, 1.807) is 0 Å². The highest BCUT2D eigenvalue weighted by Gasteiger charge is 2.68. The van der Waals surface area contributed by atoms with E-state index in [0.29, 0.717) is 42.9 Å². The molecule has 0 aromatic carbocycles. The molecule has 12 atom stereocenters. The molecule has 6 heteroatoms. The largest absolute Gasteiger partial charge is 0.459 e. The van der Waals surface area contributed by atoms with Crippen LogP contribution in [0.25, 0.3) is 0 Å². The Hall–Kier alpha value is -0.690. The quantitative estimate of drug-likeness (QED) is 0.395. The van der Waals surface area contributed by atoms with Crippen molar-refractivity contribution in [3.8, 4) is 0 Å². The molecule has 4 aliphatic rings. The molecule has 0 radical (unpaired) electrons. The Kier molecular flexibility index (Phi) is 7.47. The average molecular weight is 509 g/mol. The van der Waals surface area contributed by atoms with Gasteiger partial charge in [-0.1, -0.05) is 34.6 Å². The van der Waals surface area contributed by atoms with Crippen molar-refractivity contribution < 1.29 is 30.0 Å². The molecule has 4 N–H and O–H groups in total. The van der Waals surface area contributed by atoms with Crippen LogP contribution in [0.15, 0.2) is 0 Å². The van der Waals surface area contributed by atoms with Gasteiger partial charge in [0, 0.05) is 25.2 Å². The number of rotatable bonds is 6. The van der Waals surface area contributed by atoms with E-state index in [-0.39, 0.29) is 29.6 Å². The molecule has 0 bridgehead atoms. The van der Waals surface area contributed by atoms with E-state index in [2.05, 4.69) is 20.8 Å². The van der Waals surface area contributed by atoms with Gasteiger partial charge in [-0.15, -0.1) is 0 Å². The molecule has 4 aliphatic carbocycles. The maximum Gasteiger partial charge on any atom is 0.303 e. The molecule has 36 heavy (non-hydrogen) atoms. The molecule has 0 saturated heterocycles. The molecule has 4 fully saturated rings. The van der Waals surface area contributed by atoms with Crippen LogP contribution in [-0.4, -0.2) is 55.9 Å². The fraction of sp³-hybridized carbons (Fsp3) is 0.967. The van der Waals surface area contributed by atoms with Gasteiger partial charge in [0.2, 0.25) is 0 Å². The van der Waals surface area contributed by atoms with Crippen molar-refractivity contribution in [3.05, 3.63) is 0 Å². The topological polar surface area (TPSA) is 107 Å². The van der Waals surface area contributed by atoms with Crippen LogP contribution in [0.5, 0.6) is 0 Å². The zero-order chi connectivity index (χ0) is 26.8. The SMILES string of the molecule is CC(=O)OC1C[C@H]2[C@@H]3CC[C@H]([C@H](C)C(O)CC(C)(O)C(C)C)[C@@]3(C)CC[C@@H]2[C@@]2(C)CCC(O)CC12O. The summed E-state index contributed by atoms with van der Waals surface area (Å²) in [5.74, 6) is 1.30. The van der Waals surface area contributed by atoms with Crippen LogP contribution >= 0.6 is 0 Å². The van der Waals surface area contributed by atoms with Crippen molar-refractivity contribution in [2.24, 2.45) is 46.3 Å². The fourth-order valence-corrected chi connectivity index (χ4v) is 9.60. The number of hydrogen-bond acceptors (Lipinski definition) is 6. The number of ether oxygens (including phenoxy) is 1. The van der Waals surface area contributed by atoms with Gasteiger partial charge in [-0.3, -0.25) is 4.79 Å². The Bertz CT molecular complexity index is 826. The van der Waals surface area contributed by atoms with Gasteiger partial charge in [-0.25, -0.2) is 0 Å². The molecule has 6 nitrogen and oxygen atoms in total. The number of hydrogen-bond donors (Lipinski definition) is 4. The number of carbonyl (C=O) groups is 1. The molecule has 0 amide bonds. The Morgan fingerprint density at radius 2 is 1.75 bits per heavy atom. The van der Waals surface area contributed by atoms with Crippen LogP contribution < -0.4 is 0 Å². The van der Waals surface area contributed by atoms with Crippen LogP contribution in [0.2, 0.25) is 0 Å². The average Bonchev–Trinajstić information content (AvgIpc) is 3.11. The summed E-state index contributed by atoms with van der Waals surface area (Å²) < 4.78 is 5.83. The molecule has 5 unspecified atom stereocenters. The minimum atomic E-state index is -1.20. The highest BCUT2D eigenvalue weighted by atomic mass is 16.6. The lowest BCUT2D eigenvalue weighted by atomic mass is 9.42. The predicted octanol–water partition coefficient (Wildman–Crippen LogP) is 4.46. The normalized spacial score (nSPS) is 47.8. The van der Waals surface area contributed by atoms with Crippen molar-refractivity contribution in [2.75, 3.05) is 0 Å². The van der Waals surface area contributed by atoms with E-state index < -0.39 is 34.9 Å². The molecule has 4 saturated carbocycles. The first-order chi connectivity index (χ1) is 16.6. The Labute approximate surface area is 218 Å². The van der Waals surface area contributed by atoms with Crippen LogP contribution in [0.4, 0.5) is 0 Å². The van der Waals surface area contributed by atoms with Crippen molar-refractivity contribution in [2.45, 2.75) is 136 Å². The standard InChI is InChI=1S/C30H52O6/c1-17(2)29(7,34)16-25(33)18(3)22-8-9-23-21-14-26(36-19(4)31)30(35)15-20(32)10-13-28(30,6)24(21)11-12-27(22,23)5/h17-18,20-26,32-35H,8-16H2,1-7H3/t18-,20?,21-,22+,23-,24-,25?,26?,27+,28+,29?,30?/m0/s1. The number of carbonyl (C=O) groups excluding carboxylic acids is 1. The van der Waals surface area contributed by atoms with Crippen molar-refractivity contribution in [1.82, 2.24) is 0 Å². The smallest absolute Gasteiger partial charge is 0.303 e. The first-order valence-corrected chi connectivity index (χ1v) is 14.5. The van der Waals surface area contributed by atoms with Gasteiger partial charge in [0.05, 0.1) is 17.8 Å². The van der Waals surface area contributed by atoms with Crippen molar-refractivity contribution in [3.63, 3.8) is 0 Å². The Morgan fingerprint density at radius 3 is 2.36 bits per heavy atom. The van der Waals surface area contributed by atoms with Crippen LogP contribution in [-0.2, 0) is 9.53 Å². The van der Waals surface area contributed by atoms with Crippen LogP contribution in [0, 0.1) is 46.3 Å². The molecule has 0 heterocycles. The van der Waals surface area contributed by atoms with Crippen molar-refractivity contribution in [1.29, 1.82) is 0 Å². The fourth-order valence-electron chi connectivity index (χ4n) is 9.60. The summed E-state index contributed by atoms with van der Waals surface area (Å²) in [4.78, 5) is 12.1. The molecule has 0 spiro atoms. The van der Waals surface area contributed by atoms with E-state index in [9.17, 15) is 25.2 Å². The molecular weight excluding hydrogens is 456 g/mol. The van der Waals surface area contributed by atoms with E-state index in [0.717, 1.165) is 32.1 Å². The zero-order valence-electron chi connectivity index (χ0n) is 23.7. The Balaban J connectivity index is 1.60. The van der Waals surface area contributed by atoms with E-state index in [1.165, 1.54) is 6.92 Å². The summed E-state index contributed by atoms with van der Waals surface area (Å²) in [6.45, 7) is 14.0. The summed E-state index contributed by atoms with van der Waals surface area (Å²) in [5, 5.41) is 44.6. The van der Waals surface area contributed by atoms with E-state index in [4.69, 9.17) is 4.74 Å². The molecule has 4 rings (SSSR count). The van der Waals surface area contributed by atoms with Gasteiger partial charge in [0.25, 0.3) is 0 Å². The summed E-state index contributed by atoms with van der Waals surface area (Å²) >= 11 is 0.